The number of fused-ring (bicyclic) bond motifs is 1. The molecule has 0 saturated carbocycles. The molecule has 3 aromatic carbocycles. The summed E-state index contributed by atoms with van der Waals surface area (Å²) in [5.41, 5.74) is 6.82. The van der Waals surface area contributed by atoms with Crippen molar-refractivity contribution in [2.75, 3.05) is 0 Å². The smallest absolute Gasteiger partial charge is 0.261 e. The minimum atomic E-state index is -0.0315. The largest absolute Gasteiger partial charge is 0.462 e. The van der Waals surface area contributed by atoms with Crippen LogP contribution >= 0.6 is 0 Å². The molecule has 0 fully saturated rings. The molecule has 5 rings (SSSR count). The van der Waals surface area contributed by atoms with Gasteiger partial charge in [0.25, 0.3) is 5.56 Å². The summed E-state index contributed by atoms with van der Waals surface area (Å²) in [5, 5.41) is 9.45. The van der Waals surface area contributed by atoms with Crippen LogP contribution in [0.2, 0.25) is 0 Å². The first-order valence-corrected chi connectivity index (χ1v) is 12.7. The van der Waals surface area contributed by atoms with E-state index in [4.69, 9.17) is 9.72 Å². The highest BCUT2D eigenvalue weighted by Gasteiger charge is 2.19. The van der Waals surface area contributed by atoms with Crippen LogP contribution in [0, 0.1) is 18.3 Å². The van der Waals surface area contributed by atoms with Crippen molar-refractivity contribution in [3.8, 4) is 34.1 Å². The van der Waals surface area contributed by atoms with Gasteiger partial charge in [-0.15, -0.1) is 0 Å². The third kappa shape index (κ3) is 4.83. The van der Waals surface area contributed by atoms with Gasteiger partial charge >= 0.3 is 0 Å². The first-order chi connectivity index (χ1) is 18.0. The van der Waals surface area contributed by atoms with Gasteiger partial charge in [0, 0.05) is 12.8 Å². The summed E-state index contributed by atoms with van der Waals surface area (Å²) in [6.07, 6.45) is 3.25. The molecule has 5 heteroatoms. The quantitative estimate of drug-likeness (QED) is 0.307. The Balaban J connectivity index is 1.53. The summed E-state index contributed by atoms with van der Waals surface area (Å²) >= 11 is 0. The van der Waals surface area contributed by atoms with E-state index in [1.165, 1.54) is 0 Å². The molecule has 2 heterocycles. The lowest BCUT2D eigenvalue weighted by molar-refractivity contribution is 0.381. The highest BCUT2D eigenvalue weighted by molar-refractivity contribution is 5.70. The first kappa shape index (κ1) is 24.3. The van der Waals surface area contributed by atoms with Crippen LogP contribution in [0.25, 0.3) is 22.3 Å². The van der Waals surface area contributed by atoms with Gasteiger partial charge in [-0.25, -0.2) is 4.98 Å². The lowest BCUT2D eigenvalue weighted by atomic mass is 9.98. The average molecular weight is 488 g/mol. The standard InChI is InChI=1S/C32H29N3O2/c1-4-7-30-34-22(3)31(26-16-17-29-25(18-26)13-10-21(2)37-29)32(36)35(30)20-23-11-14-24(15-12-23)28-9-6-5-8-27(28)19-33/h5-6,8-9,11-12,14-18H,2,4,7,10,13,20H2,1,3H3. The molecule has 1 aliphatic rings. The lowest BCUT2D eigenvalue weighted by Gasteiger charge is -2.20. The number of hydrogen-bond acceptors (Lipinski definition) is 4. The molecule has 184 valence electrons. The molecule has 1 aliphatic heterocycles. The van der Waals surface area contributed by atoms with Gasteiger partial charge in [-0.3, -0.25) is 9.36 Å². The van der Waals surface area contributed by atoms with Crippen molar-refractivity contribution in [2.45, 2.75) is 46.1 Å². The van der Waals surface area contributed by atoms with Crippen molar-refractivity contribution in [2.24, 2.45) is 0 Å². The Kier molecular flexibility index (Phi) is 6.74. The molecule has 0 radical (unpaired) electrons. The molecular formula is C32H29N3O2. The number of benzene rings is 3. The van der Waals surface area contributed by atoms with Gasteiger partial charge in [0.2, 0.25) is 0 Å². The fourth-order valence-electron chi connectivity index (χ4n) is 4.94. The summed E-state index contributed by atoms with van der Waals surface area (Å²) < 4.78 is 7.59. The number of ether oxygens (including phenoxy) is 1. The average Bonchev–Trinajstić information content (AvgIpc) is 2.91. The van der Waals surface area contributed by atoms with E-state index in [9.17, 15) is 10.1 Å². The van der Waals surface area contributed by atoms with Gasteiger partial charge in [-0.05, 0) is 65.8 Å². The zero-order valence-electron chi connectivity index (χ0n) is 21.3. The second kappa shape index (κ2) is 10.3. The molecular weight excluding hydrogens is 458 g/mol. The lowest BCUT2D eigenvalue weighted by Crippen LogP contribution is -2.28. The van der Waals surface area contributed by atoms with Gasteiger partial charge < -0.3 is 4.74 Å². The molecule has 0 saturated heterocycles. The maximum absolute atomic E-state index is 13.9. The summed E-state index contributed by atoms with van der Waals surface area (Å²) in [5.74, 6) is 2.38. The predicted octanol–water partition coefficient (Wildman–Crippen LogP) is 6.60. The second-order valence-electron chi connectivity index (χ2n) is 9.45. The molecule has 5 nitrogen and oxygen atoms in total. The molecule has 37 heavy (non-hydrogen) atoms. The number of aryl methyl sites for hydroxylation is 3. The second-order valence-corrected chi connectivity index (χ2v) is 9.45. The van der Waals surface area contributed by atoms with E-state index in [0.717, 1.165) is 76.5 Å². The van der Waals surface area contributed by atoms with E-state index in [2.05, 4.69) is 25.6 Å². The Morgan fingerprint density at radius 1 is 1.05 bits per heavy atom. The normalized spacial score (nSPS) is 12.5. The number of nitrogens with zero attached hydrogens (tertiary/aromatic N) is 3. The van der Waals surface area contributed by atoms with E-state index >= 15 is 0 Å². The Bertz CT molecular complexity index is 1590. The fraction of sp³-hybridized carbons (Fsp3) is 0.219. The minimum absolute atomic E-state index is 0.0315. The van der Waals surface area contributed by atoms with E-state index in [1.807, 2.05) is 72.2 Å². The number of nitriles is 1. The number of allylic oxidation sites excluding steroid dienone is 1. The minimum Gasteiger partial charge on any atom is -0.462 e. The third-order valence-electron chi connectivity index (χ3n) is 6.83. The van der Waals surface area contributed by atoms with Gasteiger partial charge in [-0.1, -0.05) is 62.0 Å². The zero-order valence-corrected chi connectivity index (χ0v) is 21.3. The molecule has 0 N–H and O–H groups in total. The number of aromatic nitrogens is 2. The SMILES string of the molecule is C=C1CCc2cc(-c3c(C)nc(CCC)n(Cc4ccc(-c5ccccc5C#N)cc4)c3=O)ccc2O1. The Morgan fingerprint density at radius 2 is 1.81 bits per heavy atom. The molecule has 0 amide bonds. The van der Waals surface area contributed by atoms with Crippen molar-refractivity contribution in [3.63, 3.8) is 0 Å². The van der Waals surface area contributed by atoms with Crippen LogP contribution in [-0.4, -0.2) is 9.55 Å². The Hall–Kier alpha value is -4.43. The number of hydrogen-bond donors (Lipinski definition) is 0. The van der Waals surface area contributed by atoms with E-state index in [1.54, 1.807) is 0 Å². The van der Waals surface area contributed by atoms with E-state index in [0.29, 0.717) is 17.7 Å². The van der Waals surface area contributed by atoms with E-state index in [-0.39, 0.29) is 5.56 Å². The van der Waals surface area contributed by atoms with Crippen molar-refractivity contribution < 1.29 is 4.74 Å². The van der Waals surface area contributed by atoms with Crippen molar-refractivity contribution >= 4 is 0 Å². The first-order valence-electron chi connectivity index (χ1n) is 12.7. The van der Waals surface area contributed by atoms with Crippen molar-refractivity contribution in [1.29, 1.82) is 5.26 Å². The van der Waals surface area contributed by atoms with Crippen LogP contribution in [0.1, 0.15) is 48.0 Å². The van der Waals surface area contributed by atoms with Crippen LogP contribution in [0.5, 0.6) is 5.75 Å². The topological polar surface area (TPSA) is 67.9 Å². The molecule has 0 spiro atoms. The molecule has 0 aliphatic carbocycles. The van der Waals surface area contributed by atoms with Crippen LogP contribution in [0.4, 0.5) is 0 Å². The predicted molar refractivity (Wildman–Crippen MR) is 146 cm³/mol. The third-order valence-corrected chi connectivity index (χ3v) is 6.83. The van der Waals surface area contributed by atoms with Gasteiger partial charge in [0.15, 0.2) is 0 Å². The van der Waals surface area contributed by atoms with E-state index < -0.39 is 0 Å². The maximum atomic E-state index is 13.9. The van der Waals surface area contributed by atoms with Gasteiger partial charge in [0.05, 0.1) is 35.2 Å². The van der Waals surface area contributed by atoms with Crippen LogP contribution in [-0.2, 0) is 19.4 Å². The summed E-state index contributed by atoms with van der Waals surface area (Å²) in [4.78, 5) is 18.8. The molecule has 4 aromatic rings. The molecule has 0 bridgehead atoms. The fourth-order valence-corrected chi connectivity index (χ4v) is 4.94. The summed E-state index contributed by atoms with van der Waals surface area (Å²) in [6.45, 7) is 8.38. The van der Waals surface area contributed by atoms with Crippen LogP contribution in [0.3, 0.4) is 0 Å². The molecule has 1 aromatic heterocycles. The monoisotopic (exact) mass is 487 g/mol. The molecule has 0 atom stereocenters. The Morgan fingerprint density at radius 3 is 2.57 bits per heavy atom. The highest BCUT2D eigenvalue weighted by Crippen LogP contribution is 2.32. The summed E-state index contributed by atoms with van der Waals surface area (Å²) in [7, 11) is 0. The van der Waals surface area contributed by atoms with Gasteiger partial charge in [-0.2, -0.15) is 5.26 Å². The van der Waals surface area contributed by atoms with Crippen LogP contribution in [0.15, 0.2) is 83.9 Å². The van der Waals surface area contributed by atoms with Crippen molar-refractivity contribution in [1.82, 2.24) is 9.55 Å². The van der Waals surface area contributed by atoms with Gasteiger partial charge in [0.1, 0.15) is 11.6 Å². The summed E-state index contributed by atoms with van der Waals surface area (Å²) in [6, 6.07) is 23.8. The number of rotatable bonds is 6. The zero-order chi connectivity index (χ0) is 25.9. The van der Waals surface area contributed by atoms with Crippen LogP contribution < -0.4 is 10.3 Å². The highest BCUT2D eigenvalue weighted by atomic mass is 16.5. The molecule has 0 unspecified atom stereocenters. The Labute approximate surface area is 217 Å². The maximum Gasteiger partial charge on any atom is 0.261 e. The van der Waals surface area contributed by atoms with Crippen molar-refractivity contribution in [3.05, 3.63) is 118 Å².